The van der Waals surface area contributed by atoms with Crippen LogP contribution in [-0.4, -0.2) is 5.91 Å². The van der Waals surface area contributed by atoms with Crippen molar-refractivity contribution in [3.8, 4) is 0 Å². The van der Waals surface area contributed by atoms with Gasteiger partial charge in [0.15, 0.2) is 0 Å². The Morgan fingerprint density at radius 2 is 1.95 bits per heavy atom. The molecule has 0 saturated heterocycles. The fraction of sp³-hybridized carbons (Fsp3) is 0.353. The third kappa shape index (κ3) is 3.28. The second-order valence-corrected chi connectivity index (χ2v) is 6.51. The molecule has 1 amide bonds. The maximum absolute atomic E-state index is 12.5. The molecule has 20 heavy (non-hydrogen) atoms. The summed E-state index contributed by atoms with van der Waals surface area (Å²) in [5.74, 6) is 0.373. The molecule has 0 aliphatic heterocycles. The summed E-state index contributed by atoms with van der Waals surface area (Å²) < 4.78 is 0. The van der Waals surface area contributed by atoms with E-state index in [1.807, 2.05) is 43.5 Å². The van der Waals surface area contributed by atoms with E-state index in [2.05, 4.69) is 25.2 Å². The molecule has 2 rings (SSSR count). The highest BCUT2D eigenvalue weighted by atomic mass is 32.1. The van der Waals surface area contributed by atoms with Crippen molar-refractivity contribution in [2.45, 2.75) is 33.7 Å². The first kappa shape index (κ1) is 14.8. The Morgan fingerprint density at radius 3 is 2.50 bits per heavy atom. The molecule has 0 saturated carbocycles. The van der Waals surface area contributed by atoms with Gasteiger partial charge in [0.25, 0.3) is 5.91 Å². The van der Waals surface area contributed by atoms with Gasteiger partial charge < -0.3 is 5.32 Å². The molecule has 0 radical (unpaired) electrons. The minimum Gasteiger partial charge on any atom is -0.344 e. The maximum Gasteiger partial charge on any atom is 0.252 e. The highest BCUT2D eigenvalue weighted by Crippen LogP contribution is 2.26. The number of carbonyl (C=O) groups excluding carboxylic acids is 1. The third-order valence-corrected chi connectivity index (χ3v) is 4.38. The lowest BCUT2D eigenvalue weighted by Gasteiger charge is -2.21. The maximum atomic E-state index is 12.5. The molecule has 0 unspecified atom stereocenters. The molecule has 2 nitrogen and oxygen atoms in total. The van der Waals surface area contributed by atoms with Crippen molar-refractivity contribution < 1.29 is 4.79 Å². The van der Waals surface area contributed by atoms with Crippen LogP contribution in [0, 0.1) is 19.8 Å². The molecule has 0 aliphatic rings. The van der Waals surface area contributed by atoms with Crippen LogP contribution in [0.15, 0.2) is 35.7 Å². The van der Waals surface area contributed by atoms with Crippen molar-refractivity contribution in [3.63, 3.8) is 0 Å². The first-order valence-corrected chi connectivity index (χ1v) is 7.78. The van der Waals surface area contributed by atoms with E-state index in [1.165, 1.54) is 10.4 Å². The van der Waals surface area contributed by atoms with Crippen molar-refractivity contribution in [2.75, 3.05) is 0 Å². The van der Waals surface area contributed by atoms with Crippen LogP contribution in [0.2, 0.25) is 0 Å². The lowest BCUT2D eigenvalue weighted by molar-refractivity contribution is 0.0926. The molecule has 0 spiro atoms. The number of thiophene rings is 1. The summed E-state index contributed by atoms with van der Waals surface area (Å²) in [5, 5.41) is 5.22. The van der Waals surface area contributed by atoms with Gasteiger partial charge in [-0.15, -0.1) is 11.3 Å². The summed E-state index contributed by atoms with van der Waals surface area (Å²) in [6.45, 7) is 8.29. The van der Waals surface area contributed by atoms with E-state index < -0.39 is 0 Å². The standard InChI is InChI=1S/C17H21NOS/c1-11(2)16(15-6-5-9-20-15)18-17(19)14-8-7-12(3)10-13(14)4/h5-11,16H,1-4H3,(H,18,19)/t16-/m1/s1. The Bertz CT molecular complexity index is 587. The van der Waals surface area contributed by atoms with Crippen LogP contribution in [0.5, 0.6) is 0 Å². The van der Waals surface area contributed by atoms with Gasteiger partial charge >= 0.3 is 0 Å². The van der Waals surface area contributed by atoms with E-state index in [0.717, 1.165) is 11.1 Å². The van der Waals surface area contributed by atoms with Crippen molar-refractivity contribution in [3.05, 3.63) is 57.3 Å². The molecule has 1 atom stereocenters. The first-order valence-electron chi connectivity index (χ1n) is 6.90. The second kappa shape index (κ2) is 6.23. The summed E-state index contributed by atoms with van der Waals surface area (Å²) >= 11 is 1.69. The highest BCUT2D eigenvalue weighted by molar-refractivity contribution is 7.10. The Balaban J connectivity index is 2.21. The highest BCUT2D eigenvalue weighted by Gasteiger charge is 2.20. The number of nitrogens with one attached hydrogen (secondary N) is 1. The molecule has 106 valence electrons. The Labute approximate surface area is 124 Å². The predicted molar refractivity (Wildman–Crippen MR) is 85.3 cm³/mol. The van der Waals surface area contributed by atoms with Crippen LogP contribution in [0.4, 0.5) is 0 Å². The summed E-state index contributed by atoms with van der Waals surface area (Å²) in [7, 11) is 0. The van der Waals surface area contributed by atoms with E-state index in [4.69, 9.17) is 0 Å². The largest absolute Gasteiger partial charge is 0.344 e. The molecular weight excluding hydrogens is 266 g/mol. The van der Waals surface area contributed by atoms with Gasteiger partial charge in [-0.1, -0.05) is 37.6 Å². The smallest absolute Gasteiger partial charge is 0.252 e. The molecule has 1 N–H and O–H groups in total. The quantitative estimate of drug-likeness (QED) is 0.882. The topological polar surface area (TPSA) is 29.1 Å². The monoisotopic (exact) mass is 287 g/mol. The average molecular weight is 287 g/mol. The summed E-state index contributed by atoms with van der Waals surface area (Å²) in [6.07, 6.45) is 0. The van der Waals surface area contributed by atoms with E-state index in [-0.39, 0.29) is 11.9 Å². The lowest BCUT2D eigenvalue weighted by atomic mass is 10.0. The number of amides is 1. The van der Waals surface area contributed by atoms with Crippen molar-refractivity contribution in [1.29, 1.82) is 0 Å². The van der Waals surface area contributed by atoms with Crippen molar-refractivity contribution >= 4 is 17.2 Å². The van der Waals surface area contributed by atoms with Gasteiger partial charge in [0.1, 0.15) is 0 Å². The number of benzene rings is 1. The Hall–Kier alpha value is -1.61. The fourth-order valence-corrected chi connectivity index (χ4v) is 3.27. The van der Waals surface area contributed by atoms with Crippen LogP contribution in [0.3, 0.4) is 0 Å². The zero-order chi connectivity index (χ0) is 14.7. The van der Waals surface area contributed by atoms with Gasteiger partial charge in [-0.05, 0) is 42.8 Å². The molecule has 1 heterocycles. The Kier molecular flexibility index (Phi) is 4.61. The van der Waals surface area contributed by atoms with E-state index in [1.54, 1.807) is 11.3 Å². The van der Waals surface area contributed by atoms with E-state index in [9.17, 15) is 4.79 Å². The SMILES string of the molecule is Cc1ccc(C(=O)N[C@@H](c2cccs2)C(C)C)c(C)c1. The van der Waals surface area contributed by atoms with Crippen LogP contribution in [0.25, 0.3) is 0 Å². The van der Waals surface area contributed by atoms with Gasteiger partial charge in [0, 0.05) is 10.4 Å². The van der Waals surface area contributed by atoms with Crippen LogP contribution in [0.1, 0.15) is 46.3 Å². The number of rotatable bonds is 4. The minimum absolute atomic E-state index is 0.00889. The van der Waals surface area contributed by atoms with Crippen LogP contribution >= 0.6 is 11.3 Å². The number of hydrogen-bond acceptors (Lipinski definition) is 2. The predicted octanol–water partition coefficient (Wildman–Crippen LogP) is 4.49. The van der Waals surface area contributed by atoms with Crippen molar-refractivity contribution in [2.24, 2.45) is 5.92 Å². The fourth-order valence-electron chi connectivity index (χ4n) is 2.32. The first-order chi connectivity index (χ1) is 9.49. The van der Waals surface area contributed by atoms with Crippen LogP contribution in [-0.2, 0) is 0 Å². The molecule has 0 fully saturated rings. The van der Waals surface area contributed by atoms with E-state index >= 15 is 0 Å². The Morgan fingerprint density at radius 1 is 1.20 bits per heavy atom. The molecule has 0 bridgehead atoms. The van der Waals surface area contributed by atoms with Gasteiger partial charge in [0.05, 0.1) is 6.04 Å². The van der Waals surface area contributed by atoms with Gasteiger partial charge in [-0.2, -0.15) is 0 Å². The number of hydrogen-bond donors (Lipinski definition) is 1. The molecule has 3 heteroatoms. The van der Waals surface area contributed by atoms with Gasteiger partial charge in [-0.25, -0.2) is 0 Å². The average Bonchev–Trinajstić information content (AvgIpc) is 2.88. The molecular formula is C17H21NOS. The number of aryl methyl sites for hydroxylation is 2. The van der Waals surface area contributed by atoms with Gasteiger partial charge in [-0.3, -0.25) is 4.79 Å². The van der Waals surface area contributed by atoms with Crippen molar-refractivity contribution in [1.82, 2.24) is 5.32 Å². The number of carbonyl (C=O) groups is 1. The third-order valence-electron chi connectivity index (χ3n) is 3.43. The minimum atomic E-state index is 0.00889. The molecule has 2 aromatic rings. The molecule has 0 aliphatic carbocycles. The second-order valence-electron chi connectivity index (χ2n) is 5.53. The van der Waals surface area contributed by atoms with E-state index in [0.29, 0.717) is 5.92 Å². The molecule has 1 aromatic carbocycles. The lowest BCUT2D eigenvalue weighted by Crippen LogP contribution is -2.31. The normalized spacial score (nSPS) is 12.4. The summed E-state index contributed by atoms with van der Waals surface area (Å²) in [4.78, 5) is 13.7. The molecule has 1 aromatic heterocycles. The zero-order valence-electron chi connectivity index (χ0n) is 12.4. The summed E-state index contributed by atoms with van der Waals surface area (Å²) in [5.41, 5.74) is 2.96. The summed E-state index contributed by atoms with van der Waals surface area (Å²) in [6, 6.07) is 10.1. The van der Waals surface area contributed by atoms with Gasteiger partial charge in [0.2, 0.25) is 0 Å². The van der Waals surface area contributed by atoms with Crippen LogP contribution < -0.4 is 5.32 Å². The zero-order valence-corrected chi connectivity index (χ0v) is 13.3.